The lowest BCUT2D eigenvalue weighted by Crippen LogP contribution is -2.31. The molecule has 7 heteroatoms. The maximum atomic E-state index is 12.3. The van der Waals surface area contributed by atoms with E-state index < -0.39 is 10.0 Å². The van der Waals surface area contributed by atoms with Gasteiger partial charge in [-0.05, 0) is 31.0 Å². The van der Waals surface area contributed by atoms with Crippen LogP contribution in [0.1, 0.15) is 23.1 Å². The van der Waals surface area contributed by atoms with E-state index in [1.54, 1.807) is 25.1 Å². The molecular weight excluding hydrogens is 340 g/mol. The van der Waals surface area contributed by atoms with E-state index in [1.165, 1.54) is 0 Å². The molecule has 0 saturated heterocycles. The second kappa shape index (κ2) is 8.75. The van der Waals surface area contributed by atoms with Crippen molar-refractivity contribution >= 4 is 15.9 Å². The van der Waals surface area contributed by atoms with Crippen molar-refractivity contribution in [2.75, 3.05) is 6.54 Å². The van der Waals surface area contributed by atoms with Crippen LogP contribution in [0.4, 0.5) is 0 Å². The van der Waals surface area contributed by atoms with Crippen LogP contribution in [0.25, 0.3) is 0 Å². The van der Waals surface area contributed by atoms with Gasteiger partial charge in [-0.15, -0.1) is 0 Å². The summed E-state index contributed by atoms with van der Waals surface area (Å²) < 4.78 is 27.0. The van der Waals surface area contributed by atoms with Crippen molar-refractivity contribution in [2.24, 2.45) is 0 Å². The van der Waals surface area contributed by atoms with E-state index in [9.17, 15) is 13.2 Å². The quantitative estimate of drug-likeness (QED) is 0.705. The molecule has 0 spiro atoms. The van der Waals surface area contributed by atoms with Gasteiger partial charge in [0.2, 0.25) is 15.9 Å². The number of rotatable bonds is 8. The van der Waals surface area contributed by atoms with Gasteiger partial charge in [0, 0.05) is 13.0 Å². The van der Waals surface area contributed by atoms with Crippen molar-refractivity contribution in [3.05, 3.63) is 65.2 Å². The summed E-state index contributed by atoms with van der Waals surface area (Å²) in [4.78, 5) is 17.0. The van der Waals surface area contributed by atoms with E-state index >= 15 is 0 Å². The van der Waals surface area contributed by atoms with E-state index in [2.05, 4.69) is 10.2 Å². The van der Waals surface area contributed by atoms with E-state index in [1.807, 2.05) is 37.3 Å². The van der Waals surface area contributed by atoms with Gasteiger partial charge in [0.25, 0.3) is 0 Å². The first-order valence-electron chi connectivity index (χ1n) is 7.90. The third kappa shape index (κ3) is 5.97. The van der Waals surface area contributed by atoms with Gasteiger partial charge in [0.1, 0.15) is 0 Å². The summed E-state index contributed by atoms with van der Waals surface area (Å²) in [5.41, 5.74) is 4.89. The van der Waals surface area contributed by atoms with E-state index in [0.29, 0.717) is 5.56 Å². The Morgan fingerprint density at radius 3 is 2.48 bits per heavy atom. The van der Waals surface area contributed by atoms with Gasteiger partial charge < -0.3 is 0 Å². The van der Waals surface area contributed by atoms with E-state index in [0.717, 1.165) is 11.1 Å². The maximum Gasteiger partial charge on any atom is 0.244 e. The van der Waals surface area contributed by atoms with Gasteiger partial charge in [-0.25, -0.2) is 18.6 Å². The molecule has 0 unspecified atom stereocenters. The molecule has 2 rings (SSSR count). The highest BCUT2D eigenvalue weighted by atomic mass is 32.2. The highest BCUT2D eigenvalue weighted by Crippen LogP contribution is 2.16. The summed E-state index contributed by atoms with van der Waals surface area (Å²) in [5.74, 6) is -0.390. The van der Waals surface area contributed by atoms with E-state index in [4.69, 9.17) is 4.84 Å². The van der Waals surface area contributed by atoms with Crippen LogP contribution >= 0.6 is 0 Å². The number of carbonyl (C=O) groups excluding carboxylic acids is 1. The Balaban J connectivity index is 1.76. The fourth-order valence-corrected chi connectivity index (χ4v) is 3.56. The fraction of sp³-hybridized carbons (Fsp3) is 0.278. The zero-order chi connectivity index (χ0) is 18.3. The molecule has 0 bridgehead atoms. The third-order valence-electron chi connectivity index (χ3n) is 3.53. The van der Waals surface area contributed by atoms with Gasteiger partial charge in [0.15, 0.2) is 0 Å². The molecule has 0 aliphatic heterocycles. The van der Waals surface area contributed by atoms with E-state index in [-0.39, 0.29) is 30.4 Å². The maximum absolute atomic E-state index is 12.3. The van der Waals surface area contributed by atoms with Crippen molar-refractivity contribution in [1.29, 1.82) is 0 Å². The Kier molecular flexibility index (Phi) is 6.69. The number of benzene rings is 2. The van der Waals surface area contributed by atoms with Gasteiger partial charge in [0.05, 0.1) is 11.5 Å². The second-order valence-electron chi connectivity index (χ2n) is 5.72. The highest BCUT2D eigenvalue weighted by Gasteiger charge is 2.16. The molecule has 0 saturated carbocycles. The molecule has 0 heterocycles. The zero-order valence-electron chi connectivity index (χ0n) is 14.3. The molecule has 0 atom stereocenters. The number of carbonyl (C=O) groups is 1. The summed E-state index contributed by atoms with van der Waals surface area (Å²) >= 11 is 0. The largest absolute Gasteiger partial charge is 0.273 e. The topological polar surface area (TPSA) is 84.5 Å². The van der Waals surface area contributed by atoms with Crippen molar-refractivity contribution in [3.63, 3.8) is 0 Å². The standard InChI is InChI=1S/C18H22N2O4S/c1-14-8-9-17(15(2)12-14)25(22,23)19-11-10-18(21)20-24-13-16-6-4-3-5-7-16/h3-9,12,19H,10-11,13H2,1-2H3,(H,20,21). The second-order valence-corrected chi connectivity index (χ2v) is 7.45. The van der Waals surface area contributed by atoms with Crippen LogP contribution in [0.15, 0.2) is 53.4 Å². The van der Waals surface area contributed by atoms with Crippen molar-refractivity contribution in [2.45, 2.75) is 31.8 Å². The average molecular weight is 362 g/mol. The molecule has 0 aliphatic rings. The van der Waals surface area contributed by atoms with Crippen molar-refractivity contribution in [1.82, 2.24) is 10.2 Å². The number of hydrogen-bond donors (Lipinski definition) is 2. The van der Waals surface area contributed by atoms with Crippen LogP contribution < -0.4 is 10.2 Å². The van der Waals surface area contributed by atoms with Gasteiger partial charge in [-0.3, -0.25) is 9.63 Å². The van der Waals surface area contributed by atoms with Crippen molar-refractivity contribution < 1.29 is 18.0 Å². The summed E-state index contributed by atoms with van der Waals surface area (Å²) in [6.07, 6.45) is -0.0150. The normalized spacial score (nSPS) is 11.3. The predicted molar refractivity (Wildman–Crippen MR) is 95.1 cm³/mol. The summed E-state index contributed by atoms with van der Waals surface area (Å²) in [7, 11) is -3.64. The number of hydrogen-bond acceptors (Lipinski definition) is 4. The molecular formula is C18H22N2O4S. The van der Waals surface area contributed by atoms with Gasteiger partial charge in [-0.2, -0.15) is 0 Å². The Morgan fingerprint density at radius 2 is 1.80 bits per heavy atom. The van der Waals surface area contributed by atoms with Gasteiger partial charge in [-0.1, -0.05) is 48.0 Å². The smallest absolute Gasteiger partial charge is 0.244 e. The molecule has 0 aliphatic carbocycles. The van der Waals surface area contributed by atoms with Crippen molar-refractivity contribution in [3.8, 4) is 0 Å². The molecule has 2 aromatic rings. The zero-order valence-corrected chi connectivity index (χ0v) is 15.1. The molecule has 0 fully saturated rings. The lowest BCUT2D eigenvalue weighted by molar-refractivity contribution is -0.134. The fourth-order valence-electron chi connectivity index (χ4n) is 2.30. The lowest BCUT2D eigenvalue weighted by atomic mass is 10.2. The molecule has 1 amide bonds. The third-order valence-corrected chi connectivity index (χ3v) is 5.15. The van der Waals surface area contributed by atoms with Crippen LogP contribution in [0.3, 0.4) is 0 Å². The van der Waals surface area contributed by atoms with Gasteiger partial charge >= 0.3 is 0 Å². The van der Waals surface area contributed by atoms with Crippen LogP contribution in [-0.2, 0) is 26.3 Å². The lowest BCUT2D eigenvalue weighted by Gasteiger charge is -2.10. The first-order chi connectivity index (χ1) is 11.9. The SMILES string of the molecule is Cc1ccc(S(=O)(=O)NCCC(=O)NOCc2ccccc2)c(C)c1. The minimum Gasteiger partial charge on any atom is -0.273 e. The Labute approximate surface area is 148 Å². The minimum atomic E-state index is -3.64. The number of nitrogens with one attached hydrogen (secondary N) is 2. The van der Waals surface area contributed by atoms with Crippen LogP contribution in [0, 0.1) is 13.8 Å². The number of amides is 1. The van der Waals surface area contributed by atoms with Crippen LogP contribution in [0.5, 0.6) is 0 Å². The minimum absolute atomic E-state index is 0.00379. The highest BCUT2D eigenvalue weighted by molar-refractivity contribution is 7.89. The number of sulfonamides is 1. The molecule has 25 heavy (non-hydrogen) atoms. The Morgan fingerprint density at radius 1 is 1.08 bits per heavy atom. The summed E-state index contributed by atoms with van der Waals surface area (Å²) in [6, 6.07) is 14.5. The summed E-state index contributed by atoms with van der Waals surface area (Å²) in [5, 5.41) is 0. The Hall–Kier alpha value is -2.22. The monoisotopic (exact) mass is 362 g/mol. The first kappa shape index (κ1) is 19.1. The van der Waals surface area contributed by atoms with Crippen LogP contribution in [0.2, 0.25) is 0 Å². The van der Waals surface area contributed by atoms with Crippen LogP contribution in [-0.4, -0.2) is 20.9 Å². The molecule has 6 nitrogen and oxygen atoms in total. The molecule has 134 valence electrons. The Bertz CT molecular complexity index is 820. The number of aryl methyl sites for hydroxylation is 2. The molecule has 0 aromatic heterocycles. The molecule has 2 aromatic carbocycles. The molecule has 0 radical (unpaired) electrons. The summed E-state index contributed by atoms with van der Waals surface area (Å²) in [6.45, 7) is 3.89. The first-order valence-corrected chi connectivity index (χ1v) is 9.38. The molecule has 2 N–H and O–H groups in total. The number of hydroxylamine groups is 1. The average Bonchev–Trinajstić information content (AvgIpc) is 2.55. The predicted octanol–water partition coefficient (Wildman–Crippen LogP) is 2.22.